The number of benzene rings is 1. The molecule has 0 radical (unpaired) electrons. The molecule has 0 bridgehead atoms. The minimum absolute atomic E-state index is 0.247. The van der Waals surface area contributed by atoms with E-state index < -0.39 is 0 Å². The zero-order valence-electron chi connectivity index (χ0n) is 13.5. The van der Waals surface area contributed by atoms with E-state index in [4.69, 9.17) is 14.2 Å². The van der Waals surface area contributed by atoms with E-state index in [0.29, 0.717) is 28.5 Å². The normalized spacial score (nSPS) is 19.9. The first-order valence-corrected chi connectivity index (χ1v) is 7.87. The molecule has 0 saturated heterocycles. The zero-order valence-corrected chi connectivity index (χ0v) is 13.5. The van der Waals surface area contributed by atoms with Gasteiger partial charge in [-0.2, -0.15) is 0 Å². The zero-order chi connectivity index (χ0) is 17.2. The number of allylic oxidation sites excluding steroid dienone is 2. The Morgan fingerprint density at radius 3 is 2.56 bits per heavy atom. The highest BCUT2D eigenvalue weighted by Gasteiger charge is 2.34. The third-order valence-electron chi connectivity index (χ3n) is 4.00. The van der Waals surface area contributed by atoms with E-state index in [2.05, 4.69) is 10.3 Å². The van der Waals surface area contributed by atoms with Crippen molar-refractivity contribution in [2.75, 3.05) is 12.4 Å². The lowest BCUT2D eigenvalue weighted by molar-refractivity contribution is 0.0700. The van der Waals surface area contributed by atoms with E-state index in [0.717, 1.165) is 0 Å². The number of rotatable bonds is 3. The molecule has 1 N–H and O–H groups in total. The van der Waals surface area contributed by atoms with Crippen LogP contribution in [0.15, 0.2) is 61.0 Å². The van der Waals surface area contributed by atoms with Crippen LogP contribution in [0.3, 0.4) is 0 Å². The van der Waals surface area contributed by atoms with Crippen LogP contribution in [0.1, 0.15) is 10.4 Å². The third kappa shape index (κ3) is 2.82. The number of carbonyl (C=O) groups excluding carboxylic acids is 1. The highest BCUT2D eigenvalue weighted by Crippen LogP contribution is 2.45. The Balaban J connectivity index is 1.71. The number of pyridine rings is 1. The van der Waals surface area contributed by atoms with Gasteiger partial charge in [-0.15, -0.1) is 0 Å². The number of amides is 1. The van der Waals surface area contributed by atoms with E-state index >= 15 is 0 Å². The minimum atomic E-state index is -0.302. The quantitative estimate of drug-likeness (QED) is 0.933. The van der Waals surface area contributed by atoms with Gasteiger partial charge in [-0.05, 0) is 36.4 Å². The number of hydrogen-bond donors (Lipinski definition) is 1. The summed E-state index contributed by atoms with van der Waals surface area (Å²) in [6.07, 6.45) is 10.3. The first-order chi connectivity index (χ1) is 12.3. The van der Waals surface area contributed by atoms with Gasteiger partial charge in [0, 0.05) is 6.20 Å². The molecule has 1 aromatic heterocycles. The maximum absolute atomic E-state index is 12.7. The monoisotopic (exact) mass is 336 g/mol. The molecule has 1 aliphatic carbocycles. The van der Waals surface area contributed by atoms with Gasteiger partial charge in [-0.25, -0.2) is 0 Å². The Morgan fingerprint density at radius 2 is 1.88 bits per heavy atom. The van der Waals surface area contributed by atoms with Crippen molar-refractivity contribution in [3.8, 4) is 17.2 Å². The molecule has 2 unspecified atom stereocenters. The van der Waals surface area contributed by atoms with Crippen LogP contribution in [-0.2, 0) is 0 Å². The molecule has 126 valence electrons. The number of aromatic nitrogens is 1. The fourth-order valence-electron chi connectivity index (χ4n) is 2.80. The number of nitrogens with one attached hydrogen (secondary N) is 1. The molecule has 2 heterocycles. The van der Waals surface area contributed by atoms with E-state index in [-0.39, 0.29) is 18.1 Å². The third-order valence-corrected chi connectivity index (χ3v) is 4.00. The van der Waals surface area contributed by atoms with E-state index in [1.165, 1.54) is 0 Å². The van der Waals surface area contributed by atoms with Gasteiger partial charge >= 0.3 is 0 Å². The number of carbonyl (C=O) groups is 1. The summed E-state index contributed by atoms with van der Waals surface area (Å²) in [5.41, 5.74) is 0.980. The molecular weight excluding hydrogens is 320 g/mol. The lowest BCUT2D eigenvalue weighted by Gasteiger charge is -2.33. The fraction of sp³-hybridized carbons (Fsp3) is 0.158. The summed E-state index contributed by atoms with van der Waals surface area (Å²) in [5, 5.41) is 2.81. The van der Waals surface area contributed by atoms with Crippen molar-refractivity contribution in [2.45, 2.75) is 12.2 Å². The summed E-state index contributed by atoms with van der Waals surface area (Å²) in [6.45, 7) is 0. The molecule has 1 aliphatic heterocycles. The van der Waals surface area contributed by atoms with Crippen molar-refractivity contribution < 1.29 is 19.0 Å². The van der Waals surface area contributed by atoms with Crippen LogP contribution in [0, 0.1) is 0 Å². The van der Waals surface area contributed by atoms with Crippen LogP contribution in [0.5, 0.6) is 17.2 Å². The standard InChI is InChI=1S/C19H16N2O4/c1-23-16-9-8-13(19(22)21-12-5-4-10-20-11-12)17-18(16)25-15-7-3-2-6-14(15)24-17/h2-11,14-15H,1H3,(H,21,22). The topological polar surface area (TPSA) is 69.7 Å². The smallest absolute Gasteiger partial charge is 0.259 e. The number of anilines is 1. The number of nitrogens with zero attached hydrogens (tertiary/aromatic N) is 1. The molecule has 6 nitrogen and oxygen atoms in total. The van der Waals surface area contributed by atoms with Crippen LogP contribution >= 0.6 is 0 Å². The predicted octanol–water partition coefficient (Wildman–Crippen LogP) is 2.98. The molecule has 25 heavy (non-hydrogen) atoms. The van der Waals surface area contributed by atoms with Crippen LogP contribution in [0.2, 0.25) is 0 Å². The van der Waals surface area contributed by atoms with Crippen LogP contribution in [0.25, 0.3) is 0 Å². The molecule has 2 aliphatic rings. The summed E-state index contributed by atoms with van der Waals surface area (Å²) in [5.74, 6) is 1.03. The Hall–Kier alpha value is -3.28. The van der Waals surface area contributed by atoms with Gasteiger partial charge in [0.2, 0.25) is 5.75 Å². The van der Waals surface area contributed by atoms with Gasteiger partial charge in [0.25, 0.3) is 5.91 Å². The molecule has 1 aromatic carbocycles. The maximum atomic E-state index is 12.7. The maximum Gasteiger partial charge on any atom is 0.259 e. The van der Waals surface area contributed by atoms with E-state index in [1.807, 2.05) is 24.3 Å². The number of fused-ring (bicyclic) bond motifs is 2. The van der Waals surface area contributed by atoms with Gasteiger partial charge in [0.1, 0.15) is 0 Å². The summed E-state index contributed by atoms with van der Waals surface area (Å²) in [4.78, 5) is 16.7. The van der Waals surface area contributed by atoms with Gasteiger partial charge in [-0.3, -0.25) is 9.78 Å². The highest BCUT2D eigenvalue weighted by atomic mass is 16.6. The summed E-state index contributed by atoms with van der Waals surface area (Å²) >= 11 is 0. The Kier molecular flexibility index (Phi) is 3.85. The van der Waals surface area contributed by atoms with Crippen molar-refractivity contribution in [3.05, 3.63) is 66.5 Å². The minimum Gasteiger partial charge on any atom is -0.493 e. The van der Waals surface area contributed by atoms with Crippen molar-refractivity contribution in [2.24, 2.45) is 0 Å². The molecule has 6 heteroatoms. The van der Waals surface area contributed by atoms with Crippen LogP contribution in [0.4, 0.5) is 5.69 Å². The summed E-state index contributed by atoms with van der Waals surface area (Å²) < 4.78 is 17.4. The van der Waals surface area contributed by atoms with Gasteiger partial charge < -0.3 is 19.5 Å². The number of hydrogen-bond acceptors (Lipinski definition) is 5. The lowest BCUT2D eigenvalue weighted by atomic mass is 10.0. The Morgan fingerprint density at radius 1 is 1.12 bits per heavy atom. The van der Waals surface area contributed by atoms with Crippen molar-refractivity contribution >= 4 is 11.6 Å². The van der Waals surface area contributed by atoms with Gasteiger partial charge in [0.05, 0.1) is 24.6 Å². The molecular formula is C19H16N2O4. The van der Waals surface area contributed by atoms with Gasteiger partial charge in [0.15, 0.2) is 23.7 Å². The summed E-state index contributed by atoms with van der Waals surface area (Å²) in [7, 11) is 1.55. The van der Waals surface area contributed by atoms with E-state index in [9.17, 15) is 4.79 Å². The number of ether oxygens (including phenoxy) is 3. The van der Waals surface area contributed by atoms with Crippen LogP contribution in [-0.4, -0.2) is 30.2 Å². The average molecular weight is 336 g/mol. The number of methoxy groups -OCH3 is 1. The SMILES string of the molecule is COc1ccc(C(=O)Nc2cccnc2)c2c1OC1C=CC=CC1O2. The van der Waals surface area contributed by atoms with Crippen molar-refractivity contribution in [3.63, 3.8) is 0 Å². The highest BCUT2D eigenvalue weighted by molar-refractivity contribution is 6.07. The lowest BCUT2D eigenvalue weighted by Crippen LogP contribution is -2.38. The largest absolute Gasteiger partial charge is 0.493 e. The Bertz CT molecular complexity index is 861. The van der Waals surface area contributed by atoms with Crippen molar-refractivity contribution in [1.29, 1.82) is 0 Å². The molecule has 0 spiro atoms. The fourth-order valence-corrected chi connectivity index (χ4v) is 2.80. The second-order valence-corrected chi connectivity index (χ2v) is 5.60. The Labute approximate surface area is 144 Å². The molecule has 2 atom stereocenters. The predicted molar refractivity (Wildman–Crippen MR) is 92.3 cm³/mol. The van der Waals surface area contributed by atoms with Crippen molar-refractivity contribution in [1.82, 2.24) is 4.98 Å². The second kappa shape index (κ2) is 6.32. The first-order valence-electron chi connectivity index (χ1n) is 7.87. The average Bonchev–Trinajstić information content (AvgIpc) is 2.66. The molecule has 0 fully saturated rings. The second-order valence-electron chi connectivity index (χ2n) is 5.60. The first kappa shape index (κ1) is 15.3. The molecule has 1 amide bonds. The molecule has 4 rings (SSSR count). The summed E-state index contributed by atoms with van der Waals surface area (Å²) in [6, 6.07) is 6.88. The van der Waals surface area contributed by atoms with E-state index in [1.54, 1.807) is 43.8 Å². The van der Waals surface area contributed by atoms with Crippen LogP contribution < -0.4 is 19.5 Å². The van der Waals surface area contributed by atoms with Gasteiger partial charge in [-0.1, -0.05) is 12.2 Å². The molecule has 0 saturated carbocycles. The molecule has 2 aromatic rings.